The van der Waals surface area contributed by atoms with Gasteiger partial charge >= 0.3 is 0 Å². The van der Waals surface area contributed by atoms with Crippen LogP contribution in [0.4, 0.5) is 0 Å². The maximum absolute atomic E-state index is 5.49. The van der Waals surface area contributed by atoms with Gasteiger partial charge < -0.3 is 15.0 Å². The summed E-state index contributed by atoms with van der Waals surface area (Å²) < 4.78 is 5.49. The van der Waals surface area contributed by atoms with E-state index in [0.717, 1.165) is 29.1 Å². The first-order valence-corrected chi connectivity index (χ1v) is 6.71. The molecular weight excluding hydrogens is 248 g/mol. The van der Waals surface area contributed by atoms with Crippen molar-refractivity contribution in [3.8, 4) is 5.75 Å². The summed E-state index contributed by atoms with van der Waals surface area (Å²) in [5.41, 5.74) is 5.71. The molecular formula is C17H22N2O. The van der Waals surface area contributed by atoms with E-state index in [4.69, 9.17) is 4.74 Å². The van der Waals surface area contributed by atoms with E-state index in [0.29, 0.717) is 0 Å². The average molecular weight is 270 g/mol. The molecule has 3 heteroatoms. The third-order valence-electron chi connectivity index (χ3n) is 3.57. The van der Waals surface area contributed by atoms with Gasteiger partial charge in [-0.2, -0.15) is 0 Å². The highest BCUT2D eigenvalue weighted by Crippen LogP contribution is 2.30. The molecule has 0 saturated carbocycles. The highest BCUT2D eigenvalue weighted by Gasteiger charge is 2.13. The van der Waals surface area contributed by atoms with Gasteiger partial charge in [0.05, 0.1) is 7.11 Å². The molecule has 0 unspecified atom stereocenters. The van der Waals surface area contributed by atoms with Gasteiger partial charge in [-0.05, 0) is 42.8 Å². The fraction of sp³-hybridized carbons (Fsp3) is 0.294. The Bertz CT molecular complexity index is 585. The Balaban J connectivity index is 2.39. The van der Waals surface area contributed by atoms with Crippen LogP contribution in [0.25, 0.3) is 5.57 Å². The summed E-state index contributed by atoms with van der Waals surface area (Å²) in [7, 11) is 5.66. The zero-order valence-corrected chi connectivity index (χ0v) is 12.7. The first kappa shape index (κ1) is 14.4. The second kappa shape index (κ2) is 5.97. The minimum atomic E-state index is 0.800. The van der Waals surface area contributed by atoms with Crippen LogP contribution in [0.2, 0.25) is 0 Å². The van der Waals surface area contributed by atoms with Crippen LogP contribution >= 0.6 is 0 Å². The number of nitrogens with zero attached hydrogens (tertiary/aromatic N) is 1. The number of methoxy groups -OCH3 is 1. The predicted molar refractivity (Wildman–Crippen MR) is 84.4 cm³/mol. The molecule has 20 heavy (non-hydrogen) atoms. The number of rotatable bonds is 4. The minimum Gasteiger partial charge on any atom is -0.496 e. The van der Waals surface area contributed by atoms with Gasteiger partial charge in [-0.3, -0.25) is 0 Å². The molecule has 1 aromatic rings. The number of benzene rings is 1. The molecule has 0 aliphatic carbocycles. The molecule has 0 amide bonds. The molecule has 0 aromatic heterocycles. The molecule has 0 saturated heterocycles. The van der Waals surface area contributed by atoms with Crippen molar-refractivity contribution in [1.29, 1.82) is 0 Å². The lowest BCUT2D eigenvalue weighted by molar-refractivity contribution is 0.408. The van der Waals surface area contributed by atoms with Crippen molar-refractivity contribution in [3.63, 3.8) is 0 Å². The summed E-state index contributed by atoms with van der Waals surface area (Å²) >= 11 is 0. The van der Waals surface area contributed by atoms with Gasteiger partial charge in [0.15, 0.2) is 0 Å². The second-order valence-electron chi connectivity index (χ2n) is 5.03. The molecule has 1 aliphatic heterocycles. The number of allylic oxidation sites excluding steroid dienone is 3. The Morgan fingerprint density at radius 2 is 2.10 bits per heavy atom. The third kappa shape index (κ3) is 2.78. The number of likely N-dealkylation sites (N-methyl/N-ethyl adjacent to an activating group) is 1. The van der Waals surface area contributed by atoms with Crippen molar-refractivity contribution in [2.75, 3.05) is 21.2 Å². The number of hydrogen-bond acceptors (Lipinski definition) is 3. The standard InChI is InChI=1S/C17H22N2O/c1-12-8-16(11-19(4)13(12)2)14-6-7-15(10-18-3)17(9-14)20-5/h6-9,11,18H,2,10H2,1,3-5H3. The summed E-state index contributed by atoms with van der Waals surface area (Å²) in [4.78, 5) is 2.05. The smallest absolute Gasteiger partial charge is 0.123 e. The second-order valence-corrected chi connectivity index (χ2v) is 5.03. The fourth-order valence-corrected chi connectivity index (χ4v) is 2.34. The molecule has 106 valence electrons. The van der Waals surface area contributed by atoms with E-state index in [1.165, 1.54) is 11.1 Å². The van der Waals surface area contributed by atoms with Gasteiger partial charge in [-0.1, -0.05) is 18.7 Å². The zero-order chi connectivity index (χ0) is 14.7. The Morgan fingerprint density at radius 1 is 1.35 bits per heavy atom. The molecule has 1 aliphatic rings. The molecule has 1 N–H and O–H groups in total. The topological polar surface area (TPSA) is 24.5 Å². The van der Waals surface area contributed by atoms with E-state index in [1.807, 2.05) is 14.1 Å². The van der Waals surface area contributed by atoms with Crippen LogP contribution in [0.1, 0.15) is 18.1 Å². The van der Waals surface area contributed by atoms with Crippen molar-refractivity contribution in [1.82, 2.24) is 10.2 Å². The highest BCUT2D eigenvalue weighted by molar-refractivity contribution is 5.78. The van der Waals surface area contributed by atoms with E-state index in [1.54, 1.807) is 7.11 Å². The summed E-state index contributed by atoms with van der Waals surface area (Å²) in [6.07, 6.45) is 4.26. The molecule has 1 heterocycles. The van der Waals surface area contributed by atoms with Crippen molar-refractivity contribution in [2.24, 2.45) is 0 Å². The van der Waals surface area contributed by atoms with Gasteiger partial charge in [-0.15, -0.1) is 0 Å². The van der Waals surface area contributed by atoms with Crippen LogP contribution in [0, 0.1) is 0 Å². The van der Waals surface area contributed by atoms with Crippen LogP contribution in [-0.4, -0.2) is 26.1 Å². The van der Waals surface area contributed by atoms with E-state index in [9.17, 15) is 0 Å². The number of nitrogens with one attached hydrogen (secondary N) is 1. The van der Waals surface area contributed by atoms with Crippen molar-refractivity contribution in [2.45, 2.75) is 13.5 Å². The SMILES string of the molecule is C=C1C(C)=CC(c2ccc(CNC)c(OC)c2)=CN1C. The average Bonchev–Trinajstić information content (AvgIpc) is 2.45. The summed E-state index contributed by atoms with van der Waals surface area (Å²) in [6.45, 7) is 6.94. The van der Waals surface area contributed by atoms with Crippen molar-refractivity contribution < 1.29 is 4.74 Å². The lowest BCUT2D eigenvalue weighted by Gasteiger charge is -2.24. The maximum Gasteiger partial charge on any atom is 0.123 e. The molecule has 3 nitrogen and oxygen atoms in total. The van der Waals surface area contributed by atoms with Crippen LogP contribution in [-0.2, 0) is 6.54 Å². The van der Waals surface area contributed by atoms with Crippen LogP contribution in [0.15, 0.2) is 48.3 Å². The summed E-state index contributed by atoms with van der Waals surface area (Å²) in [5.74, 6) is 0.913. The van der Waals surface area contributed by atoms with E-state index in [2.05, 4.69) is 54.2 Å². The molecule has 0 spiro atoms. The number of hydrogen-bond donors (Lipinski definition) is 1. The van der Waals surface area contributed by atoms with Crippen molar-refractivity contribution in [3.05, 3.63) is 59.5 Å². The van der Waals surface area contributed by atoms with E-state index < -0.39 is 0 Å². The molecule has 0 bridgehead atoms. The van der Waals surface area contributed by atoms with Crippen LogP contribution < -0.4 is 10.1 Å². The molecule has 1 aromatic carbocycles. The molecule has 0 fully saturated rings. The van der Waals surface area contributed by atoms with E-state index in [-0.39, 0.29) is 0 Å². The zero-order valence-electron chi connectivity index (χ0n) is 12.7. The van der Waals surface area contributed by atoms with Gasteiger partial charge in [0, 0.05) is 31.1 Å². The third-order valence-corrected chi connectivity index (χ3v) is 3.57. The molecule has 0 radical (unpaired) electrons. The quantitative estimate of drug-likeness (QED) is 0.909. The van der Waals surface area contributed by atoms with Gasteiger partial charge in [0.2, 0.25) is 0 Å². The first-order valence-electron chi connectivity index (χ1n) is 6.71. The first-order chi connectivity index (χ1) is 9.56. The Labute approximate surface area is 121 Å². The van der Waals surface area contributed by atoms with Gasteiger partial charge in [0.1, 0.15) is 5.75 Å². The Hall–Kier alpha value is -2.00. The van der Waals surface area contributed by atoms with Gasteiger partial charge in [-0.25, -0.2) is 0 Å². The summed E-state index contributed by atoms with van der Waals surface area (Å²) in [5, 5.41) is 3.15. The molecule has 0 atom stereocenters. The normalized spacial score (nSPS) is 15.0. The fourth-order valence-electron chi connectivity index (χ4n) is 2.34. The maximum atomic E-state index is 5.49. The lowest BCUT2D eigenvalue weighted by Crippen LogP contribution is -2.14. The predicted octanol–water partition coefficient (Wildman–Crippen LogP) is 3.16. The monoisotopic (exact) mass is 270 g/mol. The number of ether oxygens (including phenoxy) is 1. The Morgan fingerprint density at radius 3 is 2.70 bits per heavy atom. The minimum absolute atomic E-state index is 0.800. The highest BCUT2D eigenvalue weighted by atomic mass is 16.5. The molecule has 2 rings (SSSR count). The summed E-state index contributed by atoms with van der Waals surface area (Å²) in [6, 6.07) is 6.33. The van der Waals surface area contributed by atoms with Crippen LogP contribution in [0.5, 0.6) is 5.75 Å². The van der Waals surface area contributed by atoms with E-state index >= 15 is 0 Å². The van der Waals surface area contributed by atoms with Crippen LogP contribution in [0.3, 0.4) is 0 Å². The Kier molecular flexibility index (Phi) is 4.30. The van der Waals surface area contributed by atoms with Crippen molar-refractivity contribution >= 4 is 5.57 Å². The largest absolute Gasteiger partial charge is 0.496 e. The lowest BCUT2D eigenvalue weighted by atomic mass is 9.98. The van der Waals surface area contributed by atoms with Gasteiger partial charge in [0.25, 0.3) is 0 Å².